The van der Waals surface area contributed by atoms with E-state index in [4.69, 9.17) is 23.2 Å². The molecular formula is C15H20Cl2N2O2. The summed E-state index contributed by atoms with van der Waals surface area (Å²) < 4.78 is 0. The van der Waals surface area contributed by atoms with E-state index < -0.39 is 0 Å². The second-order valence-electron chi connectivity index (χ2n) is 5.25. The van der Waals surface area contributed by atoms with E-state index in [2.05, 4.69) is 4.90 Å². The summed E-state index contributed by atoms with van der Waals surface area (Å²) in [4.78, 5) is 16.5. The number of hydrogen-bond acceptors (Lipinski definition) is 3. The number of carbonyl (C=O) groups excluding carboxylic acids is 1. The van der Waals surface area contributed by atoms with Gasteiger partial charge in [-0.3, -0.25) is 9.69 Å². The fraction of sp³-hybridized carbons (Fsp3) is 0.533. The number of aliphatic hydroxyl groups excluding tert-OH is 1. The number of aliphatic hydroxyl groups is 1. The summed E-state index contributed by atoms with van der Waals surface area (Å²) in [6.45, 7) is 5.37. The quantitative estimate of drug-likeness (QED) is 0.922. The van der Waals surface area contributed by atoms with Gasteiger partial charge in [0, 0.05) is 32.7 Å². The topological polar surface area (TPSA) is 43.8 Å². The van der Waals surface area contributed by atoms with E-state index in [9.17, 15) is 9.90 Å². The number of amides is 1. The first-order valence-electron chi connectivity index (χ1n) is 7.16. The van der Waals surface area contributed by atoms with Crippen molar-refractivity contribution in [2.45, 2.75) is 19.4 Å². The maximum atomic E-state index is 12.5. The molecule has 1 aromatic carbocycles. The summed E-state index contributed by atoms with van der Waals surface area (Å²) in [5, 5.41) is 10.4. The van der Waals surface area contributed by atoms with Gasteiger partial charge in [-0.05, 0) is 18.6 Å². The number of benzene rings is 1. The molecule has 1 fully saturated rings. The van der Waals surface area contributed by atoms with Gasteiger partial charge in [0.25, 0.3) is 5.91 Å². The smallest absolute Gasteiger partial charge is 0.256 e. The maximum Gasteiger partial charge on any atom is 0.256 e. The van der Waals surface area contributed by atoms with Gasteiger partial charge in [0.05, 0.1) is 21.7 Å². The van der Waals surface area contributed by atoms with Crippen molar-refractivity contribution < 1.29 is 9.90 Å². The molecule has 1 N–H and O–H groups in total. The van der Waals surface area contributed by atoms with Crippen molar-refractivity contribution >= 4 is 29.1 Å². The Balaban J connectivity index is 1.97. The average Bonchev–Trinajstić information content (AvgIpc) is 2.47. The minimum Gasteiger partial charge on any atom is -0.392 e. The van der Waals surface area contributed by atoms with Crippen LogP contribution >= 0.6 is 23.2 Å². The fourth-order valence-corrected chi connectivity index (χ4v) is 2.98. The molecule has 1 heterocycles. The van der Waals surface area contributed by atoms with Crippen LogP contribution in [0, 0.1) is 0 Å². The Morgan fingerprint density at radius 1 is 1.24 bits per heavy atom. The third-order valence-electron chi connectivity index (χ3n) is 3.78. The highest BCUT2D eigenvalue weighted by molar-refractivity contribution is 6.39. The van der Waals surface area contributed by atoms with Crippen LogP contribution in [-0.4, -0.2) is 59.6 Å². The molecule has 4 nitrogen and oxygen atoms in total. The van der Waals surface area contributed by atoms with Crippen LogP contribution in [0.3, 0.4) is 0 Å². The van der Waals surface area contributed by atoms with E-state index in [1.165, 1.54) is 0 Å². The van der Waals surface area contributed by atoms with E-state index in [1.54, 1.807) is 23.1 Å². The van der Waals surface area contributed by atoms with Crippen LogP contribution < -0.4 is 0 Å². The standard InChI is InChI=1S/C15H20Cl2N2O2/c1-2-11(20)10-18-6-8-19(9-7-18)15(21)14-12(16)4-3-5-13(14)17/h3-5,11,20H,2,6-10H2,1H3. The molecule has 1 amide bonds. The largest absolute Gasteiger partial charge is 0.392 e. The lowest BCUT2D eigenvalue weighted by Crippen LogP contribution is -2.50. The Labute approximate surface area is 135 Å². The van der Waals surface area contributed by atoms with Gasteiger partial charge in [0.2, 0.25) is 0 Å². The van der Waals surface area contributed by atoms with E-state index >= 15 is 0 Å². The zero-order valence-corrected chi connectivity index (χ0v) is 13.6. The molecule has 0 saturated carbocycles. The highest BCUT2D eigenvalue weighted by atomic mass is 35.5. The molecule has 0 bridgehead atoms. The van der Waals surface area contributed by atoms with Crippen molar-refractivity contribution in [3.05, 3.63) is 33.8 Å². The van der Waals surface area contributed by atoms with Gasteiger partial charge in [-0.25, -0.2) is 0 Å². The van der Waals surface area contributed by atoms with Crippen molar-refractivity contribution in [3.63, 3.8) is 0 Å². The minimum absolute atomic E-state index is 0.124. The van der Waals surface area contributed by atoms with Crippen LogP contribution in [-0.2, 0) is 0 Å². The first-order valence-corrected chi connectivity index (χ1v) is 7.92. The summed E-state index contributed by atoms with van der Waals surface area (Å²) in [7, 11) is 0. The van der Waals surface area contributed by atoms with Crippen LogP contribution in [0.1, 0.15) is 23.7 Å². The third kappa shape index (κ3) is 4.10. The normalized spacial score (nSPS) is 17.8. The number of nitrogens with zero attached hydrogens (tertiary/aromatic N) is 2. The average molecular weight is 331 g/mol. The van der Waals surface area contributed by atoms with Crippen molar-refractivity contribution in [2.24, 2.45) is 0 Å². The summed E-state index contributed by atoms with van der Waals surface area (Å²) >= 11 is 12.2. The lowest BCUT2D eigenvalue weighted by atomic mass is 10.1. The van der Waals surface area contributed by atoms with Crippen molar-refractivity contribution in [2.75, 3.05) is 32.7 Å². The summed E-state index contributed by atoms with van der Waals surface area (Å²) in [6.07, 6.45) is 0.444. The van der Waals surface area contributed by atoms with Crippen LogP contribution in [0.4, 0.5) is 0 Å². The Bertz CT molecular complexity index is 482. The van der Waals surface area contributed by atoms with Crippen molar-refractivity contribution in [3.8, 4) is 0 Å². The fourth-order valence-electron chi connectivity index (χ4n) is 2.42. The van der Waals surface area contributed by atoms with Gasteiger partial charge in [0.15, 0.2) is 0 Å². The van der Waals surface area contributed by atoms with Crippen LogP contribution in [0.25, 0.3) is 0 Å². The van der Waals surface area contributed by atoms with Gasteiger partial charge in [-0.1, -0.05) is 36.2 Å². The van der Waals surface area contributed by atoms with E-state index in [0.717, 1.165) is 19.5 Å². The Morgan fingerprint density at radius 3 is 2.33 bits per heavy atom. The molecule has 1 aliphatic heterocycles. The summed E-state index contributed by atoms with van der Waals surface area (Å²) in [6, 6.07) is 5.08. The Morgan fingerprint density at radius 2 is 1.81 bits per heavy atom. The predicted molar refractivity (Wildman–Crippen MR) is 85.1 cm³/mol. The Kier molecular flexibility index (Phi) is 5.88. The number of halogens is 2. The monoisotopic (exact) mass is 330 g/mol. The SMILES string of the molecule is CCC(O)CN1CCN(C(=O)c2c(Cl)cccc2Cl)CC1. The molecule has 1 unspecified atom stereocenters. The van der Waals surface area contributed by atoms with E-state index in [1.807, 2.05) is 6.92 Å². The molecule has 1 atom stereocenters. The molecule has 2 rings (SSSR count). The zero-order chi connectivity index (χ0) is 15.4. The van der Waals surface area contributed by atoms with E-state index in [-0.39, 0.29) is 12.0 Å². The van der Waals surface area contributed by atoms with Crippen molar-refractivity contribution in [1.82, 2.24) is 9.80 Å². The molecule has 0 radical (unpaired) electrons. The maximum absolute atomic E-state index is 12.5. The second-order valence-corrected chi connectivity index (χ2v) is 6.07. The van der Waals surface area contributed by atoms with Crippen LogP contribution in [0.15, 0.2) is 18.2 Å². The number of carbonyl (C=O) groups is 1. The number of hydrogen-bond donors (Lipinski definition) is 1. The van der Waals surface area contributed by atoms with Crippen molar-refractivity contribution in [1.29, 1.82) is 0 Å². The number of piperazine rings is 1. The van der Waals surface area contributed by atoms with Crippen LogP contribution in [0.5, 0.6) is 0 Å². The van der Waals surface area contributed by atoms with Crippen LogP contribution in [0.2, 0.25) is 10.0 Å². The molecular weight excluding hydrogens is 311 g/mol. The third-order valence-corrected chi connectivity index (χ3v) is 4.41. The Hall–Kier alpha value is -0.810. The van der Waals surface area contributed by atoms with Gasteiger partial charge < -0.3 is 10.0 Å². The molecule has 1 saturated heterocycles. The molecule has 6 heteroatoms. The first kappa shape index (κ1) is 16.6. The van der Waals surface area contributed by atoms with Gasteiger partial charge in [-0.2, -0.15) is 0 Å². The summed E-state index contributed by atoms with van der Waals surface area (Å²) in [5.74, 6) is -0.124. The molecule has 116 valence electrons. The second kappa shape index (κ2) is 7.45. The van der Waals surface area contributed by atoms with E-state index in [0.29, 0.717) is 35.2 Å². The molecule has 0 aliphatic carbocycles. The molecule has 21 heavy (non-hydrogen) atoms. The van der Waals surface area contributed by atoms with Gasteiger partial charge in [0.1, 0.15) is 0 Å². The lowest BCUT2D eigenvalue weighted by molar-refractivity contribution is 0.0524. The zero-order valence-electron chi connectivity index (χ0n) is 12.1. The highest BCUT2D eigenvalue weighted by Gasteiger charge is 2.25. The molecule has 0 spiro atoms. The van der Waals surface area contributed by atoms with Gasteiger partial charge in [-0.15, -0.1) is 0 Å². The lowest BCUT2D eigenvalue weighted by Gasteiger charge is -2.35. The predicted octanol–water partition coefficient (Wildman–Crippen LogP) is 2.52. The molecule has 1 aliphatic rings. The molecule has 1 aromatic rings. The first-order chi connectivity index (χ1) is 10.0. The van der Waals surface area contributed by atoms with Gasteiger partial charge >= 0.3 is 0 Å². The number of β-amino-alcohol motifs (C(OH)–C–C–N with tert-alkyl or cyclic N) is 1. The highest BCUT2D eigenvalue weighted by Crippen LogP contribution is 2.26. The number of rotatable bonds is 4. The molecule has 0 aromatic heterocycles. The minimum atomic E-state index is -0.301. The summed E-state index contributed by atoms with van der Waals surface area (Å²) in [5.41, 5.74) is 0.378.